The number of carboxylic acids is 1. The molecule has 0 saturated heterocycles. The van der Waals surface area contributed by atoms with E-state index in [1.165, 1.54) is 30.6 Å². The summed E-state index contributed by atoms with van der Waals surface area (Å²) in [4.78, 5) is 12.1. The SMILES string of the molecule is CCCCCNCc1ccc(C(=O)O)s1. The van der Waals surface area contributed by atoms with Gasteiger partial charge in [-0.25, -0.2) is 4.79 Å². The van der Waals surface area contributed by atoms with Crippen molar-refractivity contribution in [1.29, 1.82) is 0 Å². The van der Waals surface area contributed by atoms with Crippen molar-refractivity contribution in [3.05, 3.63) is 21.9 Å². The fourth-order valence-corrected chi connectivity index (χ4v) is 2.12. The number of hydrogen-bond donors (Lipinski definition) is 2. The van der Waals surface area contributed by atoms with E-state index in [1.807, 2.05) is 6.07 Å². The molecule has 0 aliphatic carbocycles. The summed E-state index contributed by atoms with van der Waals surface area (Å²) in [5.74, 6) is -0.836. The lowest BCUT2D eigenvalue weighted by molar-refractivity contribution is 0.0702. The van der Waals surface area contributed by atoms with Gasteiger partial charge in [-0.1, -0.05) is 19.8 Å². The number of rotatable bonds is 7. The highest BCUT2D eigenvalue weighted by Crippen LogP contribution is 2.15. The first kappa shape index (κ1) is 12.2. The minimum Gasteiger partial charge on any atom is -0.477 e. The van der Waals surface area contributed by atoms with Crippen LogP contribution in [-0.2, 0) is 6.54 Å². The molecule has 0 aliphatic rings. The van der Waals surface area contributed by atoms with Gasteiger partial charge < -0.3 is 10.4 Å². The summed E-state index contributed by atoms with van der Waals surface area (Å²) in [5.41, 5.74) is 0. The number of thiophene rings is 1. The van der Waals surface area contributed by atoms with Crippen LogP contribution in [-0.4, -0.2) is 17.6 Å². The normalized spacial score (nSPS) is 10.5. The Morgan fingerprint density at radius 1 is 1.47 bits per heavy atom. The van der Waals surface area contributed by atoms with E-state index < -0.39 is 5.97 Å². The Bertz CT molecular complexity index is 309. The van der Waals surface area contributed by atoms with Gasteiger partial charge in [-0.05, 0) is 25.1 Å². The van der Waals surface area contributed by atoms with E-state index >= 15 is 0 Å². The number of aromatic carboxylic acids is 1. The topological polar surface area (TPSA) is 49.3 Å². The fraction of sp³-hybridized carbons (Fsp3) is 0.545. The van der Waals surface area contributed by atoms with Crippen LogP contribution in [0, 0.1) is 0 Å². The minimum absolute atomic E-state index is 0.417. The van der Waals surface area contributed by atoms with E-state index in [0.717, 1.165) is 18.0 Å². The van der Waals surface area contributed by atoms with Gasteiger partial charge in [0.15, 0.2) is 0 Å². The molecule has 1 aromatic heterocycles. The average molecular weight is 227 g/mol. The molecule has 0 aromatic carbocycles. The maximum Gasteiger partial charge on any atom is 0.345 e. The van der Waals surface area contributed by atoms with Crippen molar-refractivity contribution in [2.75, 3.05) is 6.54 Å². The molecule has 0 saturated carbocycles. The highest BCUT2D eigenvalue weighted by atomic mass is 32.1. The fourth-order valence-electron chi connectivity index (χ4n) is 1.30. The van der Waals surface area contributed by atoms with E-state index in [1.54, 1.807) is 6.07 Å². The summed E-state index contributed by atoms with van der Waals surface area (Å²) in [6.45, 7) is 3.97. The van der Waals surface area contributed by atoms with Crippen LogP contribution in [0.2, 0.25) is 0 Å². The first-order chi connectivity index (χ1) is 7.24. The molecule has 2 N–H and O–H groups in total. The number of nitrogens with one attached hydrogen (secondary N) is 1. The van der Waals surface area contributed by atoms with E-state index in [-0.39, 0.29) is 0 Å². The van der Waals surface area contributed by atoms with Gasteiger partial charge in [0.05, 0.1) is 0 Å². The molecular weight excluding hydrogens is 210 g/mol. The largest absolute Gasteiger partial charge is 0.477 e. The Morgan fingerprint density at radius 3 is 2.87 bits per heavy atom. The van der Waals surface area contributed by atoms with Gasteiger partial charge in [0, 0.05) is 11.4 Å². The van der Waals surface area contributed by atoms with Crippen LogP contribution < -0.4 is 5.32 Å². The number of carbonyl (C=O) groups is 1. The summed E-state index contributed by atoms with van der Waals surface area (Å²) in [6, 6.07) is 3.54. The summed E-state index contributed by atoms with van der Waals surface area (Å²) in [6.07, 6.45) is 3.66. The molecule has 3 nitrogen and oxygen atoms in total. The quantitative estimate of drug-likeness (QED) is 0.704. The van der Waals surface area contributed by atoms with Gasteiger partial charge >= 0.3 is 5.97 Å². The first-order valence-corrected chi connectivity index (χ1v) is 6.08. The van der Waals surface area contributed by atoms with Crippen molar-refractivity contribution < 1.29 is 9.90 Å². The maximum absolute atomic E-state index is 10.6. The van der Waals surface area contributed by atoms with Crippen LogP contribution >= 0.6 is 11.3 Å². The zero-order valence-corrected chi connectivity index (χ0v) is 9.77. The molecular formula is C11H17NO2S. The molecule has 0 unspecified atom stereocenters. The standard InChI is InChI=1S/C11H17NO2S/c1-2-3-4-7-12-8-9-5-6-10(15-9)11(13)14/h5-6,12H,2-4,7-8H2,1H3,(H,13,14). The third-order valence-corrected chi connectivity index (χ3v) is 3.20. The smallest absolute Gasteiger partial charge is 0.345 e. The van der Waals surface area contributed by atoms with Gasteiger partial charge in [-0.3, -0.25) is 0 Å². The Hall–Kier alpha value is -0.870. The Morgan fingerprint density at radius 2 is 2.27 bits per heavy atom. The Labute approximate surface area is 94.1 Å². The van der Waals surface area contributed by atoms with Crippen molar-refractivity contribution in [3.8, 4) is 0 Å². The van der Waals surface area contributed by atoms with Crippen LogP contribution in [0.25, 0.3) is 0 Å². The van der Waals surface area contributed by atoms with Crippen molar-refractivity contribution in [3.63, 3.8) is 0 Å². The van der Waals surface area contributed by atoms with Crippen molar-refractivity contribution in [2.45, 2.75) is 32.7 Å². The molecule has 1 aromatic rings. The van der Waals surface area contributed by atoms with Crippen LogP contribution in [0.5, 0.6) is 0 Å². The van der Waals surface area contributed by atoms with E-state index in [9.17, 15) is 4.79 Å². The molecule has 0 spiro atoms. The maximum atomic E-state index is 10.6. The summed E-state index contributed by atoms with van der Waals surface area (Å²) in [7, 11) is 0. The number of hydrogen-bond acceptors (Lipinski definition) is 3. The van der Waals surface area contributed by atoms with E-state index in [4.69, 9.17) is 5.11 Å². The molecule has 0 aliphatic heterocycles. The minimum atomic E-state index is -0.836. The van der Waals surface area contributed by atoms with Crippen molar-refractivity contribution >= 4 is 17.3 Å². The summed E-state index contributed by atoms with van der Waals surface area (Å²) < 4.78 is 0. The molecule has 0 atom stereocenters. The van der Waals surface area contributed by atoms with Crippen LogP contribution in [0.1, 0.15) is 40.7 Å². The molecule has 4 heteroatoms. The highest BCUT2D eigenvalue weighted by Gasteiger charge is 2.05. The molecule has 1 rings (SSSR count). The molecule has 0 bridgehead atoms. The molecule has 15 heavy (non-hydrogen) atoms. The Balaban J connectivity index is 2.23. The monoisotopic (exact) mass is 227 g/mol. The second kappa shape index (κ2) is 6.58. The van der Waals surface area contributed by atoms with Gasteiger partial charge in [0.2, 0.25) is 0 Å². The van der Waals surface area contributed by atoms with E-state index in [2.05, 4.69) is 12.2 Å². The van der Waals surface area contributed by atoms with Gasteiger partial charge in [-0.2, -0.15) is 0 Å². The third-order valence-electron chi connectivity index (χ3n) is 2.13. The van der Waals surface area contributed by atoms with Gasteiger partial charge in [0.1, 0.15) is 4.88 Å². The predicted octanol–water partition coefficient (Wildman–Crippen LogP) is 2.73. The lowest BCUT2D eigenvalue weighted by atomic mass is 10.2. The van der Waals surface area contributed by atoms with Crippen LogP contribution in [0.15, 0.2) is 12.1 Å². The predicted molar refractivity (Wildman–Crippen MR) is 62.5 cm³/mol. The second-order valence-electron chi connectivity index (χ2n) is 3.45. The van der Waals surface area contributed by atoms with Crippen molar-refractivity contribution in [1.82, 2.24) is 5.32 Å². The Kier molecular flexibility index (Phi) is 5.36. The van der Waals surface area contributed by atoms with Gasteiger partial charge in [0.25, 0.3) is 0 Å². The van der Waals surface area contributed by atoms with Gasteiger partial charge in [-0.15, -0.1) is 11.3 Å². The lowest BCUT2D eigenvalue weighted by Gasteiger charge is -2.01. The molecule has 1 heterocycles. The molecule has 0 amide bonds. The van der Waals surface area contributed by atoms with Crippen LogP contribution in [0.3, 0.4) is 0 Å². The summed E-state index contributed by atoms with van der Waals surface area (Å²) >= 11 is 1.34. The first-order valence-electron chi connectivity index (χ1n) is 5.26. The third kappa shape index (κ3) is 4.44. The molecule has 84 valence electrons. The zero-order valence-electron chi connectivity index (χ0n) is 8.95. The van der Waals surface area contributed by atoms with Crippen LogP contribution in [0.4, 0.5) is 0 Å². The molecule has 0 fully saturated rings. The molecule has 0 radical (unpaired) electrons. The van der Waals surface area contributed by atoms with E-state index in [0.29, 0.717) is 4.88 Å². The average Bonchev–Trinajstić information content (AvgIpc) is 2.66. The summed E-state index contributed by atoms with van der Waals surface area (Å²) in [5, 5.41) is 12.0. The number of unbranched alkanes of at least 4 members (excludes halogenated alkanes) is 2. The van der Waals surface area contributed by atoms with Crippen molar-refractivity contribution in [2.24, 2.45) is 0 Å². The zero-order chi connectivity index (χ0) is 11.1. The highest BCUT2D eigenvalue weighted by molar-refractivity contribution is 7.13. The number of carboxylic acid groups (broad SMARTS) is 1. The second-order valence-corrected chi connectivity index (χ2v) is 4.62. The lowest BCUT2D eigenvalue weighted by Crippen LogP contribution is -2.13.